The Balaban J connectivity index is 2.02. The number of hydrogen-bond donors (Lipinski definition) is 3. The lowest BCUT2D eigenvalue weighted by molar-refractivity contribution is -0.119. The predicted molar refractivity (Wildman–Crippen MR) is 125 cm³/mol. The fourth-order valence-corrected chi connectivity index (χ4v) is 3.99. The van der Waals surface area contributed by atoms with E-state index in [0.29, 0.717) is 40.4 Å². The van der Waals surface area contributed by atoms with Crippen LogP contribution in [0.5, 0.6) is 11.5 Å². The Morgan fingerprint density at radius 3 is 2.21 bits per heavy atom. The monoisotopic (exact) mass is 445 g/mol. The van der Waals surface area contributed by atoms with Crippen LogP contribution in [0.4, 0.5) is 0 Å². The molecule has 4 aromatic rings. The third-order valence-electron chi connectivity index (χ3n) is 5.46. The number of nitrogens with one attached hydrogen (secondary N) is 2. The van der Waals surface area contributed by atoms with Crippen molar-refractivity contribution in [2.24, 2.45) is 0 Å². The number of nitrogens with zero attached hydrogens (tertiary/aromatic N) is 1. The summed E-state index contributed by atoms with van der Waals surface area (Å²) < 4.78 is 11.1. The summed E-state index contributed by atoms with van der Waals surface area (Å²) >= 11 is 0. The maximum Gasteiger partial charge on any atom is 0.357 e. The molecule has 3 aromatic carbocycles. The molecular formula is C25H23N3O5. The van der Waals surface area contributed by atoms with Gasteiger partial charge in [-0.05, 0) is 34.0 Å². The van der Waals surface area contributed by atoms with Gasteiger partial charge in [-0.1, -0.05) is 42.5 Å². The third kappa shape index (κ3) is 3.98. The van der Waals surface area contributed by atoms with E-state index in [1.807, 2.05) is 36.4 Å². The molecule has 0 aliphatic rings. The van der Waals surface area contributed by atoms with Crippen LogP contribution >= 0.6 is 0 Å². The van der Waals surface area contributed by atoms with Crippen LogP contribution in [0.2, 0.25) is 0 Å². The van der Waals surface area contributed by atoms with E-state index < -0.39 is 5.97 Å². The maximum absolute atomic E-state index is 12.1. The number of carboxylic acids is 1. The summed E-state index contributed by atoms with van der Waals surface area (Å²) in [7, 11) is 3.08. The lowest BCUT2D eigenvalue weighted by Gasteiger charge is -2.16. The summed E-state index contributed by atoms with van der Waals surface area (Å²) in [4.78, 5) is 23.6. The van der Waals surface area contributed by atoms with Crippen molar-refractivity contribution >= 4 is 22.6 Å². The molecule has 0 aliphatic carbocycles. The predicted octanol–water partition coefficient (Wildman–Crippen LogP) is 4.25. The van der Waals surface area contributed by atoms with E-state index >= 15 is 0 Å². The molecule has 1 aromatic heterocycles. The number of rotatable bonds is 7. The summed E-state index contributed by atoms with van der Waals surface area (Å²) in [6, 6.07) is 16.7. The first-order valence-electron chi connectivity index (χ1n) is 10.2. The number of hydrogen-bond acceptors (Lipinski definition) is 5. The van der Waals surface area contributed by atoms with Crippen molar-refractivity contribution in [1.82, 2.24) is 15.5 Å². The quantitative estimate of drug-likeness (QED) is 0.392. The first-order valence-corrected chi connectivity index (χ1v) is 10.2. The van der Waals surface area contributed by atoms with Crippen molar-refractivity contribution in [2.45, 2.75) is 13.5 Å². The minimum Gasteiger partial charge on any atom is -0.496 e. The highest BCUT2D eigenvalue weighted by molar-refractivity contribution is 6.08. The summed E-state index contributed by atoms with van der Waals surface area (Å²) in [5.41, 5.74) is 2.96. The van der Waals surface area contributed by atoms with Gasteiger partial charge < -0.3 is 19.9 Å². The highest BCUT2D eigenvalue weighted by Gasteiger charge is 2.27. The number of carbonyl (C=O) groups is 2. The van der Waals surface area contributed by atoms with Crippen LogP contribution in [0.1, 0.15) is 23.0 Å². The van der Waals surface area contributed by atoms with Crippen molar-refractivity contribution in [3.63, 3.8) is 0 Å². The van der Waals surface area contributed by atoms with Gasteiger partial charge in [-0.3, -0.25) is 9.89 Å². The van der Waals surface area contributed by atoms with E-state index in [2.05, 4.69) is 15.5 Å². The average molecular weight is 445 g/mol. The number of aromatic amines is 1. The Morgan fingerprint density at radius 2 is 1.61 bits per heavy atom. The van der Waals surface area contributed by atoms with E-state index in [1.165, 1.54) is 6.92 Å². The smallest absolute Gasteiger partial charge is 0.357 e. The van der Waals surface area contributed by atoms with E-state index in [1.54, 1.807) is 32.4 Å². The number of ether oxygens (including phenoxy) is 2. The van der Waals surface area contributed by atoms with Crippen molar-refractivity contribution in [1.29, 1.82) is 0 Å². The topological polar surface area (TPSA) is 114 Å². The first kappa shape index (κ1) is 21.9. The lowest BCUT2D eigenvalue weighted by Crippen LogP contribution is -2.19. The fourth-order valence-electron chi connectivity index (χ4n) is 3.99. The second kappa shape index (κ2) is 9.04. The number of H-pyrrole nitrogens is 1. The van der Waals surface area contributed by atoms with Crippen LogP contribution in [0.25, 0.3) is 33.2 Å². The Morgan fingerprint density at radius 1 is 0.939 bits per heavy atom. The van der Waals surface area contributed by atoms with Crippen LogP contribution in [-0.2, 0) is 11.3 Å². The van der Waals surface area contributed by atoms with Gasteiger partial charge in [0.25, 0.3) is 0 Å². The van der Waals surface area contributed by atoms with Crippen LogP contribution in [0.3, 0.4) is 0 Å². The molecule has 0 unspecified atom stereocenters. The Bertz CT molecular complexity index is 1340. The Kier molecular flexibility index (Phi) is 5.99. The van der Waals surface area contributed by atoms with E-state index in [0.717, 1.165) is 16.3 Å². The lowest BCUT2D eigenvalue weighted by atomic mass is 9.91. The van der Waals surface area contributed by atoms with Crippen molar-refractivity contribution < 1.29 is 24.2 Å². The summed E-state index contributed by atoms with van der Waals surface area (Å²) in [6.07, 6.45) is 0. The highest BCUT2D eigenvalue weighted by Crippen LogP contribution is 2.44. The number of methoxy groups -OCH3 is 2. The second-order valence-corrected chi connectivity index (χ2v) is 7.39. The van der Waals surface area contributed by atoms with Crippen molar-refractivity contribution in [3.05, 3.63) is 65.9 Å². The van der Waals surface area contributed by atoms with Crippen LogP contribution in [-0.4, -0.2) is 41.4 Å². The Hall–Kier alpha value is -4.33. The molecule has 0 atom stereocenters. The summed E-state index contributed by atoms with van der Waals surface area (Å²) in [5.74, 6) is -0.255. The van der Waals surface area contributed by atoms with E-state index in [9.17, 15) is 14.7 Å². The molecule has 0 saturated carbocycles. The summed E-state index contributed by atoms with van der Waals surface area (Å²) in [6.45, 7) is 1.83. The molecule has 168 valence electrons. The number of carbonyl (C=O) groups excluding carboxylic acids is 1. The molecule has 1 amide bonds. The van der Waals surface area contributed by atoms with E-state index in [4.69, 9.17) is 9.47 Å². The molecule has 0 aliphatic heterocycles. The average Bonchev–Trinajstić information content (AvgIpc) is 3.26. The van der Waals surface area contributed by atoms with Gasteiger partial charge in [-0.15, -0.1) is 0 Å². The number of aromatic nitrogens is 2. The molecule has 3 N–H and O–H groups in total. The minimum absolute atomic E-state index is 0.113. The number of benzene rings is 3. The van der Waals surface area contributed by atoms with Gasteiger partial charge in [-0.2, -0.15) is 5.10 Å². The van der Waals surface area contributed by atoms with Gasteiger partial charge in [-0.25, -0.2) is 4.79 Å². The number of fused-ring (bicyclic) bond motifs is 1. The molecule has 0 radical (unpaired) electrons. The number of amides is 1. The SMILES string of the molecule is COc1cccc(OC)c1-c1[nH]nc(C(=O)O)c1-c1ccc(CNC(C)=O)c2ccccc12. The van der Waals surface area contributed by atoms with Gasteiger partial charge >= 0.3 is 5.97 Å². The zero-order valence-electron chi connectivity index (χ0n) is 18.4. The molecule has 1 heterocycles. The van der Waals surface area contributed by atoms with Crippen molar-refractivity contribution in [2.75, 3.05) is 14.2 Å². The first-order chi connectivity index (χ1) is 16.0. The Labute approximate surface area is 190 Å². The largest absolute Gasteiger partial charge is 0.496 e. The van der Waals surface area contributed by atoms with Crippen LogP contribution in [0, 0.1) is 0 Å². The van der Waals surface area contributed by atoms with Gasteiger partial charge in [0.1, 0.15) is 11.5 Å². The van der Waals surface area contributed by atoms with Crippen molar-refractivity contribution in [3.8, 4) is 33.9 Å². The molecule has 0 saturated heterocycles. The molecular weight excluding hydrogens is 422 g/mol. The number of carboxylic acid groups (broad SMARTS) is 1. The molecule has 0 spiro atoms. The second-order valence-electron chi connectivity index (χ2n) is 7.39. The normalized spacial score (nSPS) is 10.8. The zero-order chi connectivity index (χ0) is 23.5. The van der Waals surface area contributed by atoms with Gasteiger partial charge in [0.05, 0.1) is 25.5 Å². The third-order valence-corrected chi connectivity index (χ3v) is 5.46. The molecule has 8 nitrogen and oxygen atoms in total. The molecule has 0 fully saturated rings. The summed E-state index contributed by atoms with van der Waals surface area (Å²) in [5, 5.41) is 21.5. The standard InChI is InChI=1S/C25H23N3O5/c1-14(29)26-13-15-11-12-18(17-8-5-4-7-16(15)17)21-23(27-28-24(21)25(30)31)22-19(32-2)9-6-10-20(22)33-3/h4-12H,13H2,1-3H3,(H,26,29)(H,27,28)(H,30,31). The molecule has 4 rings (SSSR count). The van der Waals surface area contributed by atoms with Crippen LogP contribution < -0.4 is 14.8 Å². The number of aromatic carboxylic acids is 1. The van der Waals surface area contributed by atoms with Gasteiger partial charge in [0.15, 0.2) is 5.69 Å². The zero-order valence-corrected chi connectivity index (χ0v) is 18.4. The molecule has 8 heteroatoms. The fraction of sp³-hybridized carbons (Fsp3) is 0.160. The van der Waals surface area contributed by atoms with Crippen LogP contribution in [0.15, 0.2) is 54.6 Å². The van der Waals surface area contributed by atoms with Gasteiger partial charge in [0.2, 0.25) is 5.91 Å². The molecule has 0 bridgehead atoms. The van der Waals surface area contributed by atoms with Gasteiger partial charge in [0, 0.05) is 19.0 Å². The molecule has 33 heavy (non-hydrogen) atoms. The van der Waals surface area contributed by atoms with E-state index in [-0.39, 0.29) is 11.6 Å². The maximum atomic E-state index is 12.1. The highest BCUT2D eigenvalue weighted by atomic mass is 16.5. The minimum atomic E-state index is -1.16.